The zero-order valence-corrected chi connectivity index (χ0v) is 12.0. The third kappa shape index (κ3) is 2.89. The molecule has 0 saturated carbocycles. The minimum absolute atomic E-state index is 0.00250. The molecule has 0 amide bonds. The SMILES string of the molecule is Cc1ccc(C(=N)N)c(N(C)C2CCS(=O)(=O)C2)c1. The van der Waals surface area contributed by atoms with E-state index in [1.54, 1.807) is 0 Å². The Labute approximate surface area is 113 Å². The van der Waals surface area contributed by atoms with Crippen molar-refractivity contribution >= 4 is 21.4 Å². The molecule has 104 valence electrons. The van der Waals surface area contributed by atoms with E-state index >= 15 is 0 Å². The molecule has 1 fully saturated rings. The molecule has 1 saturated heterocycles. The minimum atomic E-state index is -2.92. The molecule has 1 atom stereocenters. The Hall–Kier alpha value is -1.56. The Morgan fingerprint density at radius 1 is 1.47 bits per heavy atom. The molecular weight excluding hydrogens is 262 g/mol. The van der Waals surface area contributed by atoms with Crippen molar-refractivity contribution in [2.45, 2.75) is 19.4 Å². The summed E-state index contributed by atoms with van der Waals surface area (Å²) >= 11 is 0. The van der Waals surface area contributed by atoms with E-state index < -0.39 is 9.84 Å². The van der Waals surface area contributed by atoms with E-state index in [9.17, 15) is 8.42 Å². The Balaban J connectivity index is 2.36. The maximum Gasteiger partial charge on any atom is 0.152 e. The molecule has 19 heavy (non-hydrogen) atoms. The van der Waals surface area contributed by atoms with Crippen molar-refractivity contribution in [1.82, 2.24) is 0 Å². The van der Waals surface area contributed by atoms with Crippen molar-refractivity contribution in [3.05, 3.63) is 29.3 Å². The van der Waals surface area contributed by atoms with Crippen LogP contribution in [0.5, 0.6) is 0 Å². The maximum atomic E-state index is 11.6. The van der Waals surface area contributed by atoms with Crippen LogP contribution in [0.15, 0.2) is 18.2 Å². The summed E-state index contributed by atoms with van der Waals surface area (Å²) < 4.78 is 23.1. The molecule has 0 radical (unpaired) electrons. The van der Waals surface area contributed by atoms with Crippen LogP contribution in [0.1, 0.15) is 17.5 Å². The van der Waals surface area contributed by atoms with Crippen LogP contribution in [0.4, 0.5) is 5.69 Å². The highest BCUT2D eigenvalue weighted by molar-refractivity contribution is 7.91. The van der Waals surface area contributed by atoms with Gasteiger partial charge in [-0.2, -0.15) is 0 Å². The number of benzene rings is 1. The summed E-state index contributed by atoms with van der Waals surface area (Å²) in [6, 6.07) is 5.62. The van der Waals surface area contributed by atoms with E-state index in [0.29, 0.717) is 12.0 Å². The highest BCUT2D eigenvalue weighted by atomic mass is 32.2. The first-order chi connectivity index (χ1) is 8.80. The van der Waals surface area contributed by atoms with Gasteiger partial charge in [0.05, 0.1) is 11.5 Å². The Bertz CT molecular complexity index is 610. The number of nitrogen functional groups attached to an aromatic ring is 1. The number of sulfone groups is 1. The van der Waals surface area contributed by atoms with Crippen molar-refractivity contribution in [2.24, 2.45) is 5.73 Å². The molecule has 0 aromatic heterocycles. The molecule has 1 aliphatic rings. The van der Waals surface area contributed by atoms with E-state index in [4.69, 9.17) is 11.1 Å². The molecule has 3 N–H and O–H groups in total. The summed E-state index contributed by atoms with van der Waals surface area (Å²) in [7, 11) is -1.05. The van der Waals surface area contributed by atoms with E-state index in [1.807, 2.05) is 37.1 Å². The standard InChI is InChI=1S/C13H19N3O2S/c1-9-3-4-11(13(14)15)12(7-9)16(2)10-5-6-19(17,18)8-10/h3-4,7,10H,5-6,8H2,1-2H3,(H3,14,15). The van der Waals surface area contributed by atoms with E-state index in [-0.39, 0.29) is 23.4 Å². The molecule has 0 bridgehead atoms. The summed E-state index contributed by atoms with van der Waals surface area (Å²) in [5, 5.41) is 7.62. The van der Waals surface area contributed by atoms with Gasteiger partial charge in [0.25, 0.3) is 0 Å². The van der Waals surface area contributed by atoms with Gasteiger partial charge in [-0.25, -0.2) is 8.42 Å². The Morgan fingerprint density at radius 2 is 2.16 bits per heavy atom. The van der Waals surface area contributed by atoms with Crippen LogP contribution in [0.25, 0.3) is 0 Å². The highest BCUT2D eigenvalue weighted by Gasteiger charge is 2.31. The van der Waals surface area contributed by atoms with Gasteiger partial charge in [-0.05, 0) is 31.0 Å². The molecule has 0 aliphatic carbocycles. The van der Waals surface area contributed by atoms with Gasteiger partial charge in [-0.15, -0.1) is 0 Å². The second kappa shape index (κ2) is 4.85. The van der Waals surface area contributed by atoms with Crippen molar-refractivity contribution in [3.63, 3.8) is 0 Å². The van der Waals surface area contributed by atoms with Crippen LogP contribution in [-0.4, -0.2) is 38.8 Å². The first-order valence-corrected chi connectivity index (χ1v) is 8.00. The summed E-state index contributed by atoms with van der Waals surface area (Å²) in [6.07, 6.45) is 0.629. The van der Waals surface area contributed by atoms with Gasteiger partial charge in [-0.1, -0.05) is 6.07 Å². The first kappa shape index (κ1) is 13.9. The average Bonchev–Trinajstić information content (AvgIpc) is 2.68. The number of amidine groups is 1. The maximum absolute atomic E-state index is 11.6. The van der Waals surface area contributed by atoms with Gasteiger partial charge in [0, 0.05) is 24.3 Å². The predicted octanol–water partition coefficient (Wildman–Crippen LogP) is 0.902. The molecule has 0 spiro atoms. The number of nitrogens with one attached hydrogen (secondary N) is 1. The van der Waals surface area contributed by atoms with Gasteiger partial charge in [0.1, 0.15) is 5.84 Å². The highest BCUT2D eigenvalue weighted by Crippen LogP contribution is 2.27. The monoisotopic (exact) mass is 281 g/mol. The quantitative estimate of drug-likeness (QED) is 0.636. The molecular formula is C13H19N3O2S. The lowest BCUT2D eigenvalue weighted by molar-refractivity contribution is 0.601. The van der Waals surface area contributed by atoms with Gasteiger partial charge >= 0.3 is 0 Å². The van der Waals surface area contributed by atoms with Gasteiger partial charge in [-0.3, -0.25) is 5.41 Å². The number of anilines is 1. The lowest BCUT2D eigenvalue weighted by Gasteiger charge is -2.28. The fraction of sp³-hybridized carbons (Fsp3) is 0.462. The average molecular weight is 281 g/mol. The van der Waals surface area contributed by atoms with Crippen LogP contribution in [0.3, 0.4) is 0 Å². The van der Waals surface area contributed by atoms with Crippen LogP contribution >= 0.6 is 0 Å². The summed E-state index contributed by atoms with van der Waals surface area (Å²) in [4.78, 5) is 1.94. The smallest absolute Gasteiger partial charge is 0.152 e. The number of aryl methyl sites for hydroxylation is 1. The molecule has 2 rings (SSSR count). The van der Waals surface area contributed by atoms with Crippen LogP contribution < -0.4 is 10.6 Å². The van der Waals surface area contributed by atoms with E-state index in [0.717, 1.165) is 11.3 Å². The Kier molecular flexibility index (Phi) is 3.54. The number of nitrogens with two attached hydrogens (primary N) is 1. The van der Waals surface area contributed by atoms with Crippen molar-refractivity contribution in [3.8, 4) is 0 Å². The number of hydrogen-bond donors (Lipinski definition) is 2. The predicted molar refractivity (Wildman–Crippen MR) is 77.7 cm³/mol. The van der Waals surface area contributed by atoms with Gasteiger partial charge in [0.2, 0.25) is 0 Å². The van der Waals surface area contributed by atoms with Crippen molar-refractivity contribution < 1.29 is 8.42 Å². The number of rotatable bonds is 3. The molecule has 1 aromatic carbocycles. The molecule has 6 heteroatoms. The summed E-state index contributed by atoms with van der Waals surface area (Å²) in [5.74, 6) is 0.417. The fourth-order valence-corrected chi connectivity index (χ4v) is 4.21. The van der Waals surface area contributed by atoms with E-state index in [1.165, 1.54) is 0 Å². The lowest BCUT2D eigenvalue weighted by Crippen LogP contribution is -2.34. The topological polar surface area (TPSA) is 87.2 Å². The molecule has 5 nitrogen and oxygen atoms in total. The van der Waals surface area contributed by atoms with Gasteiger partial charge in [0.15, 0.2) is 9.84 Å². The minimum Gasteiger partial charge on any atom is -0.384 e. The fourth-order valence-electron chi connectivity index (χ4n) is 2.44. The lowest BCUT2D eigenvalue weighted by atomic mass is 10.1. The van der Waals surface area contributed by atoms with Crippen molar-refractivity contribution in [1.29, 1.82) is 5.41 Å². The zero-order valence-electron chi connectivity index (χ0n) is 11.2. The third-order valence-electron chi connectivity index (χ3n) is 3.58. The van der Waals surface area contributed by atoms with Crippen LogP contribution in [0.2, 0.25) is 0 Å². The normalized spacial score (nSPS) is 21.3. The second-order valence-electron chi connectivity index (χ2n) is 5.10. The molecule has 1 unspecified atom stereocenters. The molecule has 1 aliphatic heterocycles. The second-order valence-corrected chi connectivity index (χ2v) is 7.33. The first-order valence-electron chi connectivity index (χ1n) is 6.18. The Morgan fingerprint density at radius 3 is 2.68 bits per heavy atom. The van der Waals surface area contributed by atoms with Crippen LogP contribution in [0, 0.1) is 12.3 Å². The largest absolute Gasteiger partial charge is 0.384 e. The van der Waals surface area contributed by atoms with Crippen molar-refractivity contribution in [2.75, 3.05) is 23.5 Å². The summed E-state index contributed by atoms with van der Waals surface area (Å²) in [5.41, 5.74) is 8.13. The summed E-state index contributed by atoms with van der Waals surface area (Å²) in [6.45, 7) is 1.96. The number of hydrogen-bond acceptors (Lipinski definition) is 4. The molecule has 1 heterocycles. The van der Waals surface area contributed by atoms with Crippen LogP contribution in [-0.2, 0) is 9.84 Å². The zero-order chi connectivity index (χ0) is 14.2. The van der Waals surface area contributed by atoms with E-state index in [2.05, 4.69) is 0 Å². The third-order valence-corrected chi connectivity index (χ3v) is 5.33. The number of nitrogens with zero attached hydrogens (tertiary/aromatic N) is 1. The molecule has 1 aromatic rings. The van der Waals surface area contributed by atoms with Gasteiger partial charge < -0.3 is 10.6 Å².